The summed E-state index contributed by atoms with van der Waals surface area (Å²) in [6.07, 6.45) is 0.979. The predicted molar refractivity (Wildman–Crippen MR) is 78.4 cm³/mol. The molecule has 0 spiro atoms. The van der Waals surface area contributed by atoms with Crippen molar-refractivity contribution in [3.8, 4) is 0 Å². The van der Waals surface area contributed by atoms with Gasteiger partial charge in [-0.15, -0.1) is 0 Å². The number of piperidine rings is 1. The third-order valence-corrected chi connectivity index (χ3v) is 4.03. The van der Waals surface area contributed by atoms with Gasteiger partial charge in [0.1, 0.15) is 0 Å². The van der Waals surface area contributed by atoms with Gasteiger partial charge in [-0.1, -0.05) is 18.5 Å². The first kappa shape index (κ1) is 14.2. The van der Waals surface area contributed by atoms with Crippen LogP contribution in [0.1, 0.15) is 23.7 Å². The van der Waals surface area contributed by atoms with Crippen molar-refractivity contribution in [3.05, 3.63) is 28.8 Å². The highest BCUT2D eigenvalue weighted by molar-refractivity contribution is 6.33. The summed E-state index contributed by atoms with van der Waals surface area (Å²) in [5.74, 6) is 0.372. The molecule has 1 saturated heterocycles. The van der Waals surface area contributed by atoms with Crippen LogP contribution in [0.3, 0.4) is 0 Å². The number of benzene rings is 1. The number of hydrogen-bond donors (Lipinski definition) is 2. The Morgan fingerprint density at radius 3 is 2.89 bits per heavy atom. The van der Waals surface area contributed by atoms with E-state index in [2.05, 4.69) is 24.2 Å². The molecular weight excluding hydrogens is 262 g/mol. The smallest absolute Gasteiger partial charge is 0.251 e. The summed E-state index contributed by atoms with van der Waals surface area (Å²) in [6.45, 7) is 4.18. The van der Waals surface area contributed by atoms with Crippen molar-refractivity contribution in [3.63, 3.8) is 0 Å². The fourth-order valence-electron chi connectivity index (χ4n) is 2.51. The first-order chi connectivity index (χ1) is 8.97. The standard InChI is InChI=1S/C14H20ClN3O/c1-9-8-18(2)6-5-13(9)17-14(19)10-3-4-11(15)12(16)7-10/h3-4,7,9,13H,5-6,8,16H2,1-2H3,(H,17,19). The molecule has 2 rings (SSSR count). The van der Waals surface area contributed by atoms with Crippen LogP contribution in [-0.2, 0) is 0 Å². The van der Waals surface area contributed by atoms with Crippen LogP contribution < -0.4 is 11.1 Å². The van der Waals surface area contributed by atoms with E-state index in [4.69, 9.17) is 17.3 Å². The molecule has 19 heavy (non-hydrogen) atoms. The lowest BCUT2D eigenvalue weighted by molar-refractivity contribution is 0.0884. The molecule has 0 aliphatic carbocycles. The van der Waals surface area contributed by atoms with E-state index in [0.717, 1.165) is 19.5 Å². The number of halogens is 1. The highest BCUT2D eigenvalue weighted by Crippen LogP contribution is 2.20. The normalized spacial score (nSPS) is 24.2. The number of carbonyl (C=O) groups excluding carboxylic acids is 1. The van der Waals surface area contributed by atoms with Gasteiger partial charge in [0.25, 0.3) is 5.91 Å². The van der Waals surface area contributed by atoms with E-state index in [0.29, 0.717) is 22.2 Å². The molecule has 0 saturated carbocycles. The minimum Gasteiger partial charge on any atom is -0.398 e. The van der Waals surface area contributed by atoms with Crippen molar-refractivity contribution in [2.45, 2.75) is 19.4 Å². The second-order valence-electron chi connectivity index (χ2n) is 5.34. The predicted octanol–water partition coefficient (Wildman–Crippen LogP) is 1.99. The van der Waals surface area contributed by atoms with E-state index >= 15 is 0 Å². The number of rotatable bonds is 2. The van der Waals surface area contributed by atoms with Crippen molar-refractivity contribution in [1.82, 2.24) is 10.2 Å². The number of likely N-dealkylation sites (tertiary alicyclic amines) is 1. The van der Waals surface area contributed by atoms with Gasteiger partial charge in [-0.05, 0) is 44.1 Å². The summed E-state index contributed by atoms with van der Waals surface area (Å²) in [5.41, 5.74) is 6.72. The maximum absolute atomic E-state index is 12.2. The van der Waals surface area contributed by atoms with Crippen LogP contribution in [0.5, 0.6) is 0 Å². The van der Waals surface area contributed by atoms with Crippen LogP contribution >= 0.6 is 11.6 Å². The first-order valence-corrected chi connectivity index (χ1v) is 6.89. The zero-order chi connectivity index (χ0) is 14.0. The minimum absolute atomic E-state index is 0.0789. The number of nitrogen functional groups attached to an aromatic ring is 1. The van der Waals surface area contributed by atoms with Crippen molar-refractivity contribution < 1.29 is 4.79 Å². The number of nitrogens with one attached hydrogen (secondary N) is 1. The van der Waals surface area contributed by atoms with Crippen LogP contribution in [0.4, 0.5) is 5.69 Å². The fraction of sp³-hybridized carbons (Fsp3) is 0.500. The second-order valence-corrected chi connectivity index (χ2v) is 5.75. The van der Waals surface area contributed by atoms with E-state index in [1.165, 1.54) is 0 Å². The molecule has 1 aliphatic rings. The lowest BCUT2D eigenvalue weighted by Crippen LogP contribution is -2.48. The van der Waals surface area contributed by atoms with E-state index in [-0.39, 0.29) is 11.9 Å². The molecule has 2 unspecified atom stereocenters. The van der Waals surface area contributed by atoms with Crippen LogP contribution in [0.15, 0.2) is 18.2 Å². The molecule has 5 heteroatoms. The van der Waals surface area contributed by atoms with Crippen molar-refractivity contribution in [2.24, 2.45) is 5.92 Å². The summed E-state index contributed by atoms with van der Waals surface area (Å²) in [5, 5.41) is 3.56. The molecule has 0 bridgehead atoms. The van der Waals surface area contributed by atoms with Gasteiger partial charge in [0.15, 0.2) is 0 Å². The summed E-state index contributed by atoms with van der Waals surface area (Å²) < 4.78 is 0. The molecule has 1 fully saturated rings. The molecule has 0 aromatic heterocycles. The number of nitrogens with zero attached hydrogens (tertiary/aromatic N) is 1. The SMILES string of the molecule is CC1CN(C)CCC1NC(=O)c1ccc(Cl)c(N)c1. The number of hydrogen-bond acceptors (Lipinski definition) is 3. The van der Waals surface area contributed by atoms with Crippen molar-refractivity contribution in [1.29, 1.82) is 0 Å². The van der Waals surface area contributed by atoms with Gasteiger partial charge in [0, 0.05) is 18.2 Å². The third kappa shape index (κ3) is 3.39. The summed E-state index contributed by atoms with van der Waals surface area (Å²) in [7, 11) is 2.11. The lowest BCUT2D eigenvalue weighted by atomic mass is 9.94. The van der Waals surface area contributed by atoms with E-state index in [1.807, 2.05) is 0 Å². The van der Waals surface area contributed by atoms with E-state index < -0.39 is 0 Å². The Balaban J connectivity index is 2.02. The molecule has 4 nitrogen and oxygen atoms in total. The Morgan fingerprint density at radius 2 is 2.26 bits per heavy atom. The van der Waals surface area contributed by atoms with Gasteiger partial charge in [0.05, 0.1) is 10.7 Å². The molecule has 1 amide bonds. The van der Waals surface area contributed by atoms with Gasteiger partial charge >= 0.3 is 0 Å². The number of nitrogens with two attached hydrogens (primary N) is 1. The number of anilines is 1. The van der Waals surface area contributed by atoms with Crippen molar-refractivity contribution in [2.75, 3.05) is 25.9 Å². The number of amides is 1. The quantitative estimate of drug-likeness (QED) is 0.815. The Morgan fingerprint density at radius 1 is 1.53 bits per heavy atom. The van der Waals surface area contributed by atoms with Crippen molar-refractivity contribution >= 4 is 23.2 Å². The summed E-state index contributed by atoms with van der Waals surface area (Å²) in [4.78, 5) is 14.5. The molecule has 1 heterocycles. The highest BCUT2D eigenvalue weighted by atomic mass is 35.5. The van der Waals surface area contributed by atoms with E-state index in [1.54, 1.807) is 18.2 Å². The second kappa shape index (κ2) is 5.80. The summed E-state index contributed by atoms with van der Waals surface area (Å²) in [6, 6.07) is 5.20. The molecular formula is C14H20ClN3O. The number of carbonyl (C=O) groups is 1. The highest BCUT2D eigenvalue weighted by Gasteiger charge is 2.25. The molecule has 2 atom stereocenters. The van der Waals surface area contributed by atoms with Gasteiger partial charge in [-0.3, -0.25) is 4.79 Å². The molecule has 104 valence electrons. The average Bonchev–Trinajstić information content (AvgIpc) is 2.36. The van der Waals surface area contributed by atoms with Crippen LogP contribution in [-0.4, -0.2) is 37.0 Å². The maximum atomic E-state index is 12.2. The third-order valence-electron chi connectivity index (χ3n) is 3.68. The molecule has 0 radical (unpaired) electrons. The zero-order valence-corrected chi connectivity index (χ0v) is 12.1. The Hall–Kier alpha value is -1.26. The van der Waals surface area contributed by atoms with Gasteiger partial charge < -0.3 is 16.0 Å². The van der Waals surface area contributed by atoms with Gasteiger partial charge in [-0.2, -0.15) is 0 Å². The molecule has 3 N–H and O–H groups in total. The Bertz CT molecular complexity index is 478. The van der Waals surface area contributed by atoms with Gasteiger partial charge in [0.2, 0.25) is 0 Å². The maximum Gasteiger partial charge on any atom is 0.251 e. The monoisotopic (exact) mass is 281 g/mol. The Kier molecular flexibility index (Phi) is 4.32. The van der Waals surface area contributed by atoms with Crippen LogP contribution in [0.2, 0.25) is 5.02 Å². The molecule has 1 aromatic rings. The first-order valence-electron chi connectivity index (χ1n) is 6.52. The van der Waals surface area contributed by atoms with Crippen LogP contribution in [0.25, 0.3) is 0 Å². The average molecular weight is 282 g/mol. The largest absolute Gasteiger partial charge is 0.398 e. The lowest BCUT2D eigenvalue weighted by Gasteiger charge is -2.35. The fourth-order valence-corrected chi connectivity index (χ4v) is 2.62. The van der Waals surface area contributed by atoms with Gasteiger partial charge in [-0.25, -0.2) is 0 Å². The van der Waals surface area contributed by atoms with Crippen LogP contribution in [0, 0.1) is 5.92 Å². The molecule has 1 aliphatic heterocycles. The minimum atomic E-state index is -0.0789. The Labute approximate surface area is 118 Å². The summed E-state index contributed by atoms with van der Waals surface area (Å²) >= 11 is 5.85. The topological polar surface area (TPSA) is 58.4 Å². The zero-order valence-electron chi connectivity index (χ0n) is 11.3. The van der Waals surface area contributed by atoms with E-state index in [9.17, 15) is 4.79 Å². The molecule has 1 aromatic carbocycles.